The van der Waals surface area contributed by atoms with Crippen LogP contribution in [-0.4, -0.2) is 13.2 Å². The lowest BCUT2D eigenvalue weighted by molar-refractivity contribution is 0.126. The highest BCUT2D eigenvalue weighted by molar-refractivity contribution is 6.87. The minimum atomic E-state index is -1.75. The van der Waals surface area contributed by atoms with Gasteiger partial charge in [-0.1, -0.05) is 45.9 Å². The minimum absolute atomic E-state index is 0.167. The van der Waals surface area contributed by atoms with Crippen LogP contribution < -0.4 is 0 Å². The van der Waals surface area contributed by atoms with Crippen LogP contribution in [0, 0.1) is 11.5 Å². The molecule has 1 aromatic heterocycles. The summed E-state index contributed by atoms with van der Waals surface area (Å²) >= 11 is 0. The standard InChI is InChI=1S/C16H24O2Si/c1-7-10-16(17,14-9-8-12-18-14)11-13-19(5,6)15(2,3)4/h7-10,12,17H,1-6H3/b10-7+. The highest BCUT2D eigenvalue weighted by atomic mass is 28.3. The quantitative estimate of drug-likeness (QED) is 0.501. The summed E-state index contributed by atoms with van der Waals surface area (Å²) in [7, 11) is -1.75. The molecule has 0 saturated heterocycles. The number of furan rings is 1. The molecule has 0 spiro atoms. The maximum Gasteiger partial charge on any atom is 0.202 e. The average Bonchev–Trinajstić information content (AvgIpc) is 2.79. The van der Waals surface area contributed by atoms with Crippen LogP contribution in [0.25, 0.3) is 0 Å². The van der Waals surface area contributed by atoms with Crippen LogP contribution >= 0.6 is 0 Å². The van der Waals surface area contributed by atoms with E-state index >= 15 is 0 Å². The second kappa shape index (κ2) is 5.40. The van der Waals surface area contributed by atoms with Gasteiger partial charge in [-0.2, -0.15) is 0 Å². The zero-order valence-electron chi connectivity index (χ0n) is 12.7. The number of hydrogen-bond donors (Lipinski definition) is 1. The minimum Gasteiger partial charge on any atom is -0.465 e. The summed E-state index contributed by atoms with van der Waals surface area (Å²) in [6.07, 6.45) is 5.02. The summed E-state index contributed by atoms with van der Waals surface area (Å²) in [6.45, 7) is 12.9. The van der Waals surface area contributed by atoms with Gasteiger partial charge in [0.25, 0.3) is 0 Å². The monoisotopic (exact) mass is 276 g/mol. The van der Waals surface area contributed by atoms with E-state index in [2.05, 4.69) is 45.3 Å². The highest BCUT2D eigenvalue weighted by Crippen LogP contribution is 2.35. The molecule has 1 N–H and O–H groups in total. The van der Waals surface area contributed by atoms with Gasteiger partial charge in [0.05, 0.1) is 6.26 Å². The zero-order valence-corrected chi connectivity index (χ0v) is 13.7. The zero-order chi connectivity index (χ0) is 14.7. The third kappa shape index (κ3) is 3.62. The fourth-order valence-electron chi connectivity index (χ4n) is 1.36. The van der Waals surface area contributed by atoms with Crippen molar-refractivity contribution < 1.29 is 9.52 Å². The van der Waals surface area contributed by atoms with Crippen molar-refractivity contribution in [2.24, 2.45) is 0 Å². The van der Waals surface area contributed by atoms with Gasteiger partial charge in [0.2, 0.25) is 5.60 Å². The molecule has 0 amide bonds. The van der Waals surface area contributed by atoms with Crippen molar-refractivity contribution in [3.8, 4) is 11.5 Å². The van der Waals surface area contributed by atoms with Crippen LogP contribution in [0.4, 0.5) is 0 Å². The highest BCUT2D eigenvalue weighted by Gasteiger charge is 2.35. The van der Waals surface area contributed by atoms with E-state index in [1.807, 2.05) is 6.92 Å². The Bertz CT molecular complexity index is 495. The molecule has 0 bridgehead atoms. The van der Waals surface area contributed by atoms with E-state index < -0.39 is 13.7 Å². The molecular weight excluding hydrogens is 252 g/mol. The average molecular weight is 276 g/mol. The molecule has 0 aliphatic heterocycles. The first-order valence-corrected chi connectivity index (χ1v) is 9.57. The molecule has 1 aromatic rings. The van der Waals surface area contributed by atoms with Gasteiger partial charge >= 0.3 is 0 Å². The summed E-state index contributed by atoms with van der Waals surface area (Å²) < 4.78 is 5.31. The normalized spacial score (nSPS) is 15.9. The van der Waals surface area contributed by atoms with Gasteiger partial charge in [0, 0.05) is 0 Å². The molecule has 1 atom stereocenters. The summed E-state index contributed by atoms with van der Waals surface area (Å²) in [4.78, 5) is 0. The first-order valence-electron chi connectivity index (χ1n) is 6.57. The van der Waals surface area contributed by atoms with Crippen LogP contribution in [0.2, 0.25) is 18.1 Å². The molecule has 0 radical (unpaired) electrons. The Kier molecular flexibility index (Phi) is 4.49. The predicted octanol–water partition coefficient (Wildman–Crippen LogP) is 4.09. The van der Waals surface area contributed by atoms with E-state index in [0.29, 0.717) is 5.76 Å². The SMILES string of the molecule is C/C=C/C(O)(C#C[Si](C)(C)C(C)(C)C)c1ccco1. The van der Waals surface area contributed by atoms with Crippen LogP contribution in [0.1, 0.15) is 33.5 Å². The van der Waals surface area contributed by atoms with Gasteiger partial charge in [-0.3, -0.25) is 0 Å². The Morgan fingerprint density at radius 1 is 1.32 bits per heavy atom. The third-order valence-electron chi connectivity index (χ3n) is 3.75. The Balaban J connectivity index is 3.20. The fourth-order valence-corrected chi connectivity index (χ4v) is 2.24. The van der Waals surface area contributed by atoms with Crippen LogP contribution in [-0.2, 0) is 5.60 Å². The first-order chi connectivity index (χ1) is 8.62. The van der Waals surface area contributed by atoms with Crippen molar-refractivity contribution in [1.29, 1.82) is 0 Å². The summed E-state index contributed by atoms with van der Waals surface area (Å²) in [5.74, 6) is 3.50. The Hall–Kier alpha value is -1.24. The molecule has 19 heavy (non-hydrogen) atoms. The molecule has 3 heteroatoms. The first kappa shape index (κ1) is 15.8. The molecule has 104 valence electrons. The van der Waals surface area contributed by atoms with E-state index in [0.717, 1.165) is 0 Å². The van der Waals surface area contributed by atoms with Gasteiger partial charge in [0.15, 0.2) is 5.76 Å². The molecule has 0 aromatic carbocycles. The fraction of sp³-hybridized carbons (Fsp3) is 0.500. The third-order valence-corrected chi connectivity index (χ3v) is 8.25. The topological polar surface area (TPSA) is 33.4 Å². The van der Waals surface area contributed by atoms with Gasteiger partial charge in [0.1, 0.15) is 8.07 Å². The van der Waals surface area contributed by atoms with Crippen molar-refractivity contribution >= 4 is 8.07 Å². The van der Waals surface area contributed by atoms with E-state index in [1.165, 1.54) is 0 Å². The maximum atomic E-state index is 10.7. The number of allylic oxidation sites excluding steroid dienone is 1. The van der Waals surface area contributed by atoms with Gasteiger partial charge in [-0.05, 0) is 30.2 Å². The number of aliphatic hydroxyl groups is 1. The maximum absolute atomic E-state index is 10.7. The van der Waals surface area contributed by atoms with Gasteiger partial charge in [-0.25, -0.2) is 0 Å². The van der Waals surface area contributed by atoms with Crippen molar-refractivity contribution in [3.63, 3.8) is 0 Å². The Morgan fingerprint density at radius 2 is 1.95 bits per heavy atom. The van der Waals surface area contributed by atoms with Crippen LogP contribution in [0.3, 0.4) is 0 Å². The molecule has 1 unspecified atom stereocenters. The molecule has 0 saturated carbocycles. The molecule has 1 heterocycles. The lowest BCUT2D eigenvalue weighted by Crippen LogP contribution is -2.36. The van der Waals surface area contributed by atoms with Crippen LogP contribution in [0.5, 0.6) is 0 Å². The summed E-state index contributed by atoms with van der Waals surface area (Å²) in [5, 5.41) is 10.8. The second-order valence-electron chi connectivity index (χ2n) is 6.37. The predicted molar refractivity (Wildman–Crippen MR) is 82.4 cm³/mol. The van der Waals surface area contributed by atoms with Gasteiger partial charge in [-0.15, -0.1) is 5.54 Å². The van der Waals surface area contributed by atoms with Crippen molar-refractivity contribution in [2.45, 2.75) is 51.4 Å². The smallest absolute Gasteiger partial charge is 0.202 e. The second-order valence-corrected chi connectivity index (χ2v) is 11.4. The largest absolute Gasteiger partial charge is 0.465 e. The molecule has 0 aliphatic carbocycles. The molecular formula is C16H24O2Si. The van der Waals surface area contributed by atoms with E-state index in [9.17, 15) is 5.11 Å². The van der Waals surface area contributed by atoms with Crippen molar-refractivity contribution in [1.82, 2.24) is 0 Å². The van der Waals surface area contributed by atoms with E-state index in [4.69, 9.17) is 4.42 Å². The van der Waals surface area contributed by atoms with Crippen molar-refractivity contribution in [3.05, 3.63) is 36.3 Å². The lowest BCUT2D eigenvalue weighted by Gasteiger charge is -2.32. The van der Waals surface area contributed by atoms with E-state index in [1.54, 1.807) is 30.5 Å². The lowest BCUT2D eigenvalue weighted by atomic mass is 10.0. The van der Waals surface area contributed by atoms with Gasteiger partial charge < -0.3 is 9.52 Å². The van der Waals surface area contributed by atoms with Crippen molar-refractivity contribution in [2.75, 3.05) is 0 Å². The molecule has 1 rings (SSSR count). The molecule has 2 nitrogen and oxygen atoms in total. The number of rotatable bonds is 2. The Labute approximate surface area is 117 Å². The molecule has 0 aliphatic rings. The summed E-state index contributed by atoms with van der Waals surface area (Å²) in [5.41, 5.74) is 2.01. The molecule has 0 fully saturated rings. The van der Waals surface area contributed by atoms with Crippen LogP contribution in [0.15, 0.2) is 35.0 Å². The Morgan fingerprint density at radius 3 is 2.37 bits per heavy atom. The van der Waals surface area contributed by atoms with E-state index in [-0.39, 0.29) is 5.04 Å². The number of hydrogen-bond acceptors (Lipinski definition) is 2. The summed E-state index contributed by atoms with van der Waals surface area (Å²) in [6, 6.07) is 3.51.